The van der Waals surface area contributed by atoms with Gasteiger partial charge in [-0.2, -0.15) is 0 Å². The fourth-order valence-electron chi connectivity index (χ4n) is 5.41. The lowest BCUT2D eigenvalue weighted by Gasteiger charge is -2.49. The number of methoxy groups -OCH3 is 1. The van der Waals surface area contributed by atoms with Crippen molar-refractivity contribution in [1.29, 1.82) is 0 Å². The Kier molecular flexibility index (Phi) is 6.76. The molecule has 1 N–H and O–H groups in total. The van der Waals surface area contributed by atoms with Crippen LogP contribution in [-0.2, 0) is 22.5 Å². The fraction of sp³-hybridized carbons (Fsp3) is 0.500. The lowest BCUT2D eigenvalue weighted by atomic mass is 9.83. The highest BCUT2D eigenvalue weighted by molar-refractivity contribution is 6.30. The van der Waals surface area contributed by atoms with Crippen molar-refractivity contribution in [3.8, 4) is 5.75 Å². The number of rotatable bonds is 6. The first-order chi connectivity index (χ1) is 16.1. The van der Waals surface area contributed by atoms with Crippen LogP contribution in [0.3, 0.4) is 0 Å². The minimum absolute atomic E-state index is 0.0969. The summed E-state index contributed by atoms with van der Waals surface area (Å²) in [6, 6.07) is 14.4. The molecule has 3 aliphatic rings. The van der Waals surface area contributed by atoms with Crippen molar-refractivity contribution in [3.05, 3.63) is 58.6 Å². The molecule has 2 saturated heterocycles. The van der Waals surface area contributed by atoms with E-state index in [-0.39, 0.29) is 24.0 Å². The maximum Gasteiger partial charge on any atom is 0.225 e. The Bertz CT molecular complexity index is 977. The number of benzene rings is 2. The first-order valence-electron chi connectivity index (χ1n) is 11.9. The first-order valence-corrected chi connectivity index (χ1v) is 12.3. The number of fused-ring (bicyclic) bond motifs is 3. The van der Waals surface area contributed by atoms with Gasteiger partial charge in [-0.05, 0) is 48.6 Å². The number of hydrogen-bond acceptors (Lipinski definition) is 5. The second-order valence-electron chi connectivity index (χ2n) is 9.31. The Balaban J connectivity index is 1.35. The van der Waals surface area contributed by atoms with Crippen LogP contribution in [0.5, 0.6) is 5.75 Å². The van der Waals surface area contributed by atoms with E-state index < -0.39 is 0 Å². The summed E-state index contributed by atoms with van der Waals surface area (Å²) < 4.78 is 11.2. The molecule has 33 heavy (non-hydrogen) atoms. The van der Waals surface area contributed by atoms with E-state index in [1.807, 2.05) is 18.2 Å². The largest absolute Gasteiger partial charge is 0.497 e. The van der Waals surface area contributed by atoms with Crippen molar-refractivity contribution in [3.63, 3.8) is 0 Å². The van der Waals surface area contributed by atoms with Crippen molar-refractivity contribution in [2.24, 2.45) is 5.92 Å². The minimum atomic E-state index is -0.0969. The molecule has 2 aromatic carbocycles. The van der Waals surface area contributed by atoms with Crippen LogP contribution in [0.15, 0.2) is 42.5 Å². The van der Waals surface area contributed by atoms with E-state index in [1.54, 1.807) is 7.11 Å². The van der Waals surface area contributed by atoms with Gasteiger partial charge in [0.15, 0.2) is 0 Å². The quantitative estimate of drug-likeness (QED) is 0.701. The van der Waals surface area contributed by atoms with Gasteiger partial charge >= 0.3 is 0 Å². The van der Waals surface area contributed by atoms with Crippen molar-refractivity contribution >= 4 is 23.2 Å². The fourth-order valence-corrected chi connectivity index (χ4v) is 5.53. The molecule has 6 nitrogen and oxygen atoms in total. The van der Waals surface area contributed by atoms with E-state index in [2.05, 4.69) is 39.4 Å². The first kappa shape index (κ1) is 22.5. The lowest BCUT2D eigenvalue weighted by molar-refractivity contribution is -0.126. The zero-order valence-electron chi connectivity index (χ0n) is 19.1. The molecule has 5 rings (SSSR count). The molecular weight excluding hydrogens is 438 g/mol. The molecule has 3 aliphatic heterocycles. The zero-order valence-corrected chi connectivity index (χ0v) is 19.9. The third-order valence-electron chi connectivity index (χ3n) is 7.19. The van der Waals surface area contributed by atoms with Gasteiger partial charge in [-0.3, -0.25) is 9.69 Å². The summed E-state index contributed by atoms with van der Waals surface area (Å²) in [6.07, 6.45) is 3.00. The topological polar surface area (TPSA) is 54.0 Å². The van der Waals surface area contributed by atoms with Crippen molar-refractivity contribution < 1.29 is 14.3 Å². The minimum Gasteiger partial charge on any atom is -0.497 e. The molecular formula is C26H32ClN3O3. The molecule has 176 valence electrons. The molecule has 3 heterocycles. The van der Waals surface area contributed by atoms with Gasteiger partial charge in [0.05, 0.1) is 25.2 Å². The maximum absolute atomic E-state index is 13.4. The van der Waals surface area contributed by atoms with Gasteiger partial charge in [-0.15, -0.1) is 0 Å². The third kappa shape index (κ3) is 4.98. The lowest BCUT2D eigenvalue weighted by Crippen LogP contribution is -2.61. The highest BCUT2D eigenvalue weighted by atomic mass is 35.5. The number of nitrogens with zero attached hydrogens (tertiary/aromatic N) is 2. The Hall–Kier alpha value is -2.28. The summed E-state index contributed by atoms with van der Waals surface area (Å²) in [7, 11) is 1.70. The number of nitrogens with one attached hydrogen (secondary N) is 1. The summed E-state index contributed by atoms with van der Waals surface area (Å²) in [5.41, 5.74) is 3.66. The molecule has 0 bridgehead atoms. The van der Waals surface area contributed by atoms with Gasteiger partial charge in [0.1, 0.15) is 5.75 Å². The number of amides is 1. The average Bonchev–Trinajstić information content (AvgIpc) is 3.37. The molecule has 0 saturated carbocycles. The number of piperazine rings is 1. The normalized spacial score (nSPS) is 24.8. The average molecular weight is 470 g/mol. The zero-order chi connectivity index (χ0) is 22.8. The second-order valence-corrected chi connectivity index (χ2v) is 9.74. The van der Waals surface area contributed by atoms with E-state index >= 15 is 0 Å². The van der Waals surface area contributed by atoms with Gasteiger partial charge < -0.3 is 19.7 Å². The molecule has 2 aromatic rings. The molecule has 1 amide bonds. The summed E-state index contributed by atoms with van der Waals surface area (Å²) in [6.45, 7) is 4.93. The van der Waals surface area contributed by atoms with E-state index in [0.29, 0.717) is 6.54 Å². The van der Waals surface area contributed by atoms with Crippen LogP contribution in [0.4, 0.5) is 5.69 Å². The number of halogens is 1. The van der Waals surface area contributed by atoms with E-state index in [0.717, 1.165) is 62.8 Å². The van der Waals surface area contributed by atoms with Crippen LogP contribution in [0.1, 0.15) is 24.0 Å². The maximum atomic E-state index is 13.4. The number of anilines is 1. The molecule has 0 aromatic heterocycles. The monoisotopic (exact) mass is 469 g/mol. The van der Waals surface area contributed by atoms with Crippen LogP contribution < -0.4 is 15.0 Å². The van der Waals surface area contributed by atoms with Crippen LogP contribution in [-0.4, -0.2) is 62.8 Å². The number of carbonyl (C=O) groups is 1. The molecule has 2 fully saturated rings. The standard InChI is InChI=1S/C26H32ClN3O3/c1-32-21-9-6-19-13-23(26(31)28-15-22-3-2-12-33-22)25-17-29(10-11-30(25)24(19)14-21)16-18-4-7-20(27)8-5-18/h4-9,14,22-23,25H,2-3,10-13,15-17H2,1H3,(H,28,31)/t22-,23+,25+/m0/s1. The van der Waals surface area contributed by atoms with Gasteiger partial charge in [-0.25, -0.2) is 0 Å². The Labute approximate surface area is 200 Å². The molecule has 0 unspecified atom stereocenters. The summed E-state index contributed by atoms with van der Waals surface area (Å²) in [5.74, 6) is 0.896. The van der Waals surface area contributed by atoms with Gasteiger partial charge in [0, 0.05) is 56.1 Å². The SMILES string of the molecule is COc1ccc2c(c1)N1CCN(Cc3ccc(Cl)cc3)C[C@@H]1[C@H](C(=O)NC[C@@H]1CCCO1)C2. The molecule has 0 aliphatic carbocycles. The van der Waals surface area contributed by atoms with Gasteiger partial charge in [0.2, 0.25) is 5.91 Å². The smallest absolute Gasteiger partial charge is 0.225 e. The second kappa shape index (κ2) is 9.92. The predicted octanol–water partition coefficient (Wildman–Crippen LogP) is 3.51. The van der Waals surface area contributed by atoms with E-state index in [9.17, 15) is 4.79 Å². The predicted molar refractivity (Wildman–Crippen MR) is 130 cm³/mol. The number of ether oxygens (including phenoxy) is 2. The summed E-state index contributed by atoms with van der Waals surface area (Å²) in [5, 5.41) is 3.96. The van der Waals surface area contributed by atoms with Crippen LogP contribution in [0.25, 0.3) is 0 Å². The summed E-state index contributed by atoms with van der Waals surface area (Å²) >= 11 is 6.06. The Morgan fingerprint density at radius 2 is 2.06 bits per heavy atom. The van der Waals surface area contributed by atoms with Gasteiger partial charge in [-0.1, -0.05) is 29.8 Å². The number of carbonyl (C=O) groups excluding carboxylic acids is 1. The number of hydrogen-bond donors (Lipinski definition) is 1. The highest BCUT2D eigenvalue weighted by Crippen LogP contribution is 2.38. The van der Waals surface area contributed by atoms with Crippen molar-refractivity contribution in [2.45, 2.75) is 38.0 Å². The van der Waals surface area contributed by atoms with Crippen LogP contribution >= 0.6 is 11.6 Å². The summed E-state index contributed by atoms with van der Waals surface area (Å²) in [4.78, 5) is 18.3. The van der Waals surface area contributed by atoms with Crippen molar-refractivity contribution in [1.82, 2.24) is 10.2 Å². The molecule has 3 atom stereocenters. The third-order valence-corrected chi connectivity index (χ3v) is 7.45. The van der Waals surface area contributed by atoms with Gasteiger partial charge in [0.25, 0.3) is 0 Å². The van der Waals surface area contributed by atoms with Crippen LogP contribution in [0, 0.1) is 5.92 Å². The molecule has 0 spiro atoms. The molecule has 7 heteroatoms. The Morgan fingerprint density at radius 3 is 2.82 bits per heavy atom. The van der Waals surface area contributed by atoms with E-state index in [4.69, 9.17) is 21.1 Å². The molecule has 0 radical (unpaired) electrons. The van der Waals surface area contributed by atoms with Crippen molar-refractivity contribution in [2.75, 3.05) is 44.8 Å². The Morgan fingerprint density at radius 1 is 1.21 bits per heavy atom. The highest BCUT2D eigenvalue weighted by Gasteiger charge is 2.41. The van der Waals surface area contributed by atoms with Crippen LogP contribution in [0.2, 0.25) is 5.02 Å². The van der Waals surface area contributed by atoms with E-state index in [1.165, 1.54) is 16.8 Å².